The minimum absolute atomic E-state index is 0.00300. The van der Waals surface area contributed by atoms with Crippen LogP contribution in [0.25, 0.3) is 0 Å². The largest absolute Gasteiger partial charge is 0.490 e. The van der Waals surface area contributed by atoms with Crippen molar-refractivity contribution in [3.05, 3.63) is 108 Å². The molecule has 7 nitrogen and oxygen atoms in total. The van der Waals surface area contributed by atoms with Crippen LogP contribution in [0.2, 0.25) is 0 Å². The molecule has 0 amide bonds. The number of aryl methyl sites for hydroxylation is 1. The second-order valence-corrected chi connectivity index (χ2v) is 7.87. The van der Waals surface area contributed by atoms with Crippen LogP contribution in [0.3, 0.4) is 0 Å². The molecule has 0 fully saturated rings. The number of nitrogens with zero attached hydrogens (tertiary/aromatic N) is 1. The number of carbonyl (C=O) groups excluding carboxylic acids is 1. The molecule has 0 bridgehead atoms. The molecule has 1 aliphatic heterocycles. The van der Waals surface area contributed by atoms with Gasteiger partial charge in [0.2, 0.25) is 5.88 Å². The van der Waals surface area contributed by atoms with Crippen LogP contribution in [0.5, 0.6) is 23.0 Å². The highest BCUT2D eigenvalue weighted by Crippen LogP contribution is 2.43. The van der Waals surface area contributed by atoms with E-state index in [-0.39, 0.29) is 18.2 Å². The van der Waals surface area contributed by atoms with Gasteiger partial charge in [0.25, 0.3) is 0 Å². The van der Waals surface area contributed by atoms with Crippen molar-refractivity contribution in [3.8, 4) is 29.1 Å². The number of ether oxygens (including phenoxy) is 4. The molecular weight excluding hydrogens is 444 g/mol. The highest BCUT2D eigenvalue weighted by atomic mass is 16.6. The Balaban J connectivity index is 1.53. The summed E-state index contributed by atoms with van der Waals surface area (Å²) < 4.78 is 22.2. The summed E-state index contributed by atoms with van der Waals surface area (Å²) in [4.78, 5) is 12.3. The SMILES string of the molecule is C=CCOc1ccc(C2C(C#N)=C(N)Oc3cc(OC(=O)COc4cccc(C)c4)ccc32)cc1. The Kier molecular flexibility index (Phi) is 7.03. The molecule has 3 aromatic rings. The number of fused-ring (bicyclic) bond motifs is 1. The van der Waals surface area contributed by atoms with Gasteiger partial charge in [-0.15, -0.1) is 0 Å². The fourth-order valence-corrected chi connectivity index (χ4v) is 3.76. The number of allylic oxidation sites excluding steroid dienone is 1. The third kappa shape index (κ3) is 5.45. The average molecular weight is 469 g/mol. The van der Waals surface area contributed by atoms with Crippen LogP contribution in [-0.4, -0.2) is 19.2 Å². The van der Waals surface area contributed by atoms with E-state index in [2.05, 4.69) is 12.6 Å². The monoisotopic (exact) mass is 468 g/mol. The van der Waals surface area contributed by atoms with Gasteiger partial charge in [0.1, 0.15) is 41.2 Å². The molecule has 1 unspecified atom stereocenters. The number of carbonyl (C=O) groups is 1. The molecule has 0 radical (unpaired) electrons. The lowest BCUT2D eigenvalue weighted by atomic mass is 9.83. The van der Waals surface area contributed by atoms with E-state index in [0.29, 0.717) is 29.4 Å². The molecule has 3 aromatic carbocycles. The number of esters is 1. The first-order valence-electron chi connectivity index (χ1n) is 10.9. The first-order valence-corrected chi connectivity index (χ1v) is 10.9. The van der Waals surface area contributed by atoms with Crippen molar-refractivity contribution in [3.63, 3.8) is 0 Å². The third-order valence-electron chi connectivity index (χ3n) is 5.35. The van der Waals surface area contributed by atoms with E-state index in [4.69, 9.17) is 24.7 Å². The number of benzene rings is 3. The van der Waals surface area contributed by atoms with Crippen LogP contribution >= 0.6 is 0 Å². The van der Waals surface area contributed by atoms with Gasteiger partial charge in [-0.1, -0.05) is 43.0 Å². The molecule has 4 rings (SSSR count). The molecule has 1 atom stereocenters. The topological polar surface area (TPSA) is 104 Å². The Bertz CT molecular complexity index is 1320. The number of hydrogen-bond acceptors (Lipinski definition) is 7. The lowest BCUT2D eigenvalue weighted by Gasteiger charge is -2.26. The predicted octanol–water partition coefficient (Wildman–Crippen LogP) is 4.76. The van der Waals surface area contributed by atoms with E-state index >= 15 is 0 Å². The summed E-state index contributed by atoms with van der Waals surface area (Å²) in [5.41, 5.74) is 8.97. The predicted molar refractivity (Wildman–Crippen MR) is 130 cm³/mol. The lowest BCUT2D eigenvalue weighted by Crippen LogP contribution is -2.21. The zero-order valence-corrected chi connectivity index (χ0v) is 19.2. The van der Waals surface area contributed by atoms with Crippen molar-refractivity contribution in [1.29, 1.82) is 5.26 Å². The highest BCUT2D eigenvalue weighted by Gasteiger charge is 2.31. The fourth-order valence-electron chi connectivity index (χ4n) is 3.76. The Hall–Kier alpha value is -4.70. The smallest absolute Gasteiger partial charge is 0.349 e. The van der Waals surface area contributed by atoms with Gasteiger partial charge < -0.3 is 24.7 Å². The summed E-state index contributed by atoms with van der Waals surface area (Å²) in [6.45, 7) is 5.73. The van der Waals surface area contributed by atoms with E-state index in [1.807, 2.05) is 49.4 Å². The molecule has 176 valence electrons. The molecule has 0 spiro atoms. The van der Waals surface area contributed by atoms with Gasteiger partial charge in [-0.25, -0.2) is 4.79 Å². The third-order valence-corrected chi connectivity index (χ3v) is 5.35. The van der Waals surface area contributed by atoms with Crippen molar-refractivity contribution in [2.75, 3.05) is 13.2 Å². The van der Waals surface area contributed by atoms with Crippen molar-refractivity contribution < 1.29 is 23.7 Å². The minimum Gasteiger partial charge on any atom is -0.490 e. The minimum atomic E-state index is -0.560. The van der Waals surface area contributed by atoms with E-state index in [1.165, 1.54) is 0 Å². The van der Waals surface area contributed by atoms with Gasteiger partial charge in [0, 0.05) is 11.6 Å². The summed E-state index contributed by atoms with van der Waals surface area (Å²) in [7, 11) is 0. The lowest BCUT2D eigenvalue weighted by molar-refractivity contribution is -0.136. The molecule has 0 aliphatic carbocycles. The number of nitriles is 1. The normalized spacial score (nSPS) is 14.2. The Morgan fingerprint density at radius 3 is 2.57 bits per heavy atom. The molecule has 35 heavy (non-hydrogen) atoms. The van der Waals surface area contributed by atoms with E-state index in [9.17, 15) is 10.1 Å². The average Bonchev–Trinajstić information content (AvgIpc) is 2.86. The maximum atomic E-state index is 12.3. The second kappa shape index (κ2) is 10.5. The molecule has 1 aliphatic rings. The molecule has 0 saturated carbocycles. The van der Waals surface area contributed by atoms with Gasteiger partial charge in [-0.05, 0) is 48.4 Å². The quantitative estimate of drug-likeness (QED) is 0.289. The van der Waals surface area contributed by atoms with Crippen molar-refractivity contribution >= 4 is 5.97 Å². The van der Waals surface area contributed by atoms with Crippen LogP contribution in [0.15, 0.2) is 90.8 Å². The summed E-state index contributed by atoms with van der Waals surface area (Å²) in [6.07, 6.45) is 1.67. The Labute approximate surface area is 203 Å². The number of rotatable bonds is 8. The van der Waals surface area contributed by atoms with Crippen LogP contribution in [-0.2, 0) is 4.79 Å². The van der Waals surface area contributed by atoms with E-state index in [1.54, 1.807) is 30.3 Å². The molecule has 0 aromatic heterocycles. The van der Waals surface area contributed by atoms with Gasteiger partial charge in [-0.3, -0.25) is 0 Å². The van der Waals surface area contributed by atoms with E-state index in [0.717, 1.165) is 16.7 Å². The van der Waals surface area contributed by atoms with Crippen LogP contribution < -0.4 is 24.7 Å². The standard InChI is InChI=1S/C28H24N2O5/c1-3-13-32-20-9-7-19(8-10-20)27-23-12-11-22(15-25(23)35-28(30)24(27)16-29)34-26(31)17-33-21-6-4-5-18(2)14-21/h3-12,14-15,27H,1,13,17,30H2,2H3. The molecule has 7 heteroatoms. The molecule has 1 heterocycles. The van der Waals surface area contributed by atoms with Gasteiger partial charge in [0.15, 0.2) is 6.61 Å². The Morgan fingerprint density at radius 2 is 1.86 bits per heavy atom. The van der Waals surface area contributed by atoms with Crippen molar-refractivity contribution in [1.82, 2.24) is 0 Å². The molecule has 0 saturated heterocycles. The van der Waals surface area contributed by atoms with Crippen molar-refractivity contribution in [2.24, 2.45) is 5.73 Å². The van der Waals surface area contributed by atoms with Crippen LogP contribution in [0, 0.1) is 18.3 Å². The first kappa shape index (κ1) is 23.5. The van der Waals surface area contributed by atoms with Gasteiger partial charge in [-0.2, -0.15) is 5.26 Å². The zero-order chi connectivity index (χ0) is 24.8. The van der Waals surface area contributed by atoms with Gasteiger partial charge >= 0.3 is 5.97 Å². The molecule has 2 N–H and O–H groups in total. The number of hydrogen-bond donors (Lipinski definition) is 1. The first-order chi connectivity index (χ1) is 17.0. The summed E-state index contributed by atoms with van der Waals surface area (Å²) in [6, 6.07) is 21.9. The van der Waals surface area contributed by atoms with Crippen LogP contribution in [0.1, 0.15) is 22.6 Å². The van der Waals surface area contributed by atoms with Gasteiger partial charge in [0.05, 0.1) is 5.92 Å². The number of nitrogens with two attached hydrogens (primary N) is 1. The Morgan fingerprint density at radius 1 is 1.09 bits per heavy atom. The zero-order valence-electron chi connectivity index (χ0n) is 19.2. The van der Waals surface area contributed by atoms with Crippen LogP contribution in [0.4, 0.5) is 0 Å². The summed E-state index contributed by atoms with van der Waals surface area (Å²) in [5, 5.41) is 9.75. The second-order valence-electron chi connectivity index (χ2n) is 7.87. The van der Waals surface area contributed by atoms with E-state index < -0.39 is 11.9 Å². The maximum Gasteiger partial charge on any atom is 0.349 e. The summed E-state index contributed by atoms with van der Waals surface area (Å²) >= 11 is 0. The molecular formula is C28H24N2O5. The van der Waals surface area contributed by atoms with Crippen molar-refractivity contribution in [2.45, 2.75) is 12.8 Å². The maximum absolute atomic E-state index is 12.3. The fraction of sp³-hybridized carbons (Fsp3) is 0.143. The summed E-state index contributed by atoms with van der Waals surface area (Å²) in [5.74, 6) is 0.961. The highest BCUT2D eigenvalue weighted by molar-refractivity contribution is 5.74.